The molecule has 26 heavy (non-hydrogen) atoms. The lowest BCUT2D eigenvalue weighted by molar-refractivity contribution is 0.527. The first kappa shape index (κ1) is 16.4. The number of hydrogen-bond acceptors (Lipinski definition) is 5. The monoisotopic (exact) mass is 370 g/mol. The van der Waals surface area contributed by atoms with Crippen molar-refractivity contribution in [3.63, 3.8) is 0 Å². The fraction of sp³-hybridized carbons (Fsp3) is 0.167. The Balaban J connectivity index is 1.71. The molecule has 8 heteroatoms. The van der Waals surface area contributed by atoms with E-state index in [9.17, 15) is 9.59 Å². The second-order valence-electron chi connectivity index (χ2n) is 6.12. The van der Waals surface area contributed by atoms with Crippen molar-refractivity contribution in [2.45, 2.75) is 13.0 Å². The average Bonchev–Trinajstić information content (AvgIpc) is 2.89. The lowest BCUT2D eigenvalue weighted by Gasteiger charge is -2.15. The molecule has 3 aromatic heterocycles. The van der Waals surface area contributed by atoms with Crippen LogP contribution >= 0.6 is 11.6 Å². The Morgan fingerprint density at radius 2 is 2.08 bits per heavy atom. The molecule has 3 heterocycles. The summed E-state index contributed by atoms with van der Waals surface area (Å²) in [5.41, 5.74) is 2.13. The first-order valence-corrected chi connectivity index (χ1v) is 8.35. The van der Waals surface area contributed by atoms with Crippen LogP contribution in [0.3, 0.4) is 0 Å². The first-order valence-electron chi connectivity index (χ1n) is 7.97. The summed E-state index contributed by atoms with van der Waals surface area (Å²) >= 11 is 6.04. The number of aryl methyl sites for hydroxylation is 1. The van der Waals surface area contributed by atoms with E-state index in [-0.39, 0.29) is 11.6 Å². The van der Waals surface area contributed by atoms with E-state index in [0.29, 0.717) is 27.5 Å². The number of nitrogens with one attached hydrogen (secondary N) is 2. The molecule has 0 bridgehead atoms. The van der Waals surface area contributed by atoms with Gasteiger partial charge < -0.3 is 14.7 Å². The summed E-state index contributed by atoms with van der Waals surface area (Å²) in [5, 5.41) is 4.64. The van der Waals surface area contributed by atoms with Crippen LogP contribution in [0, 0.1) is 0 Å². The molecule has 0 saturated heterocycles. The molecule has 0 saturated carbocycles. The Morgan fingerprint density at radius 3 is 2.88 bits per heavy atom. The fourth-order valence-electron chi connectivity index (χ4n) is 2.93. The topological polar surface area (TPSA) is 92.9 Å². The van der Waals surface area contributed by atoms with Gasteiger partial charge in [0.1, 0.15) is 5.82 Å². The smallest absolute Gasteiger partial charge is 0.406 e. The van der Waals surface area contributed by atoms with Gasteiger partial charge in [-0.3, -0.25) is 9.36 Å². The van der Waals surface area contributed by atoms with Gasteiger partial charge in [-0.1, -0.05) is 11.6 Å². The third-order valence-corrected chi connectivity index (χ3v) is 4.58. The molecule has 0 aliphatic rings. The Bertz CT molecular complexity index is 1250. The van der Waals surface area contributed by atoms with Gasteiger partial charge in [0, 0.05) is 34.6 Å². The predicted octanol–water partition coefficient (Wildman–Crippen LogP) is 3.19. The summed E-state index contributed by atoms with van der Waals surface area (Å²) in [6.07, 6.45) is 1.48. The number of rotatable bonds is 3. The van der Waals surface area contributed by atoms with E-state index < -0.39 is 5.76 Å². The molecule has 0 radical (unpaired) electrons. The summed E-state index contributed by atoms with van der Waals surface area (Å²) in [4.78, 5) is 31.1. The number of aromatic nitrogens is 3. The predicted molar refractivity (Wildman–Crippen MR) is 101 cm³/mol. The second-order valence-corrected chi connectivity index (χ2v) is 6.55. The number of nitrogens with zero attached hydrogens (tertiary/aromatic N) is 2. The minimum Gasteiger partial charge on any atom is -0.406 e. The molecule has 7 nitrogen and oxygen atoms in total. The molecule has 132 valence electrons. The van der Waals surface area contributed by atoms with Gasteiger partial charge >= 0.3 is 5.76 Å². The number of H-pyrrole nitrogens is 1. The normalized spacial score (nSPS) is 12.6. The SMILES string of the molecule is C[C@H](Nc1cc2c(cn1)oc(=O)n2C)c1cc2cc(Cl)ccc2[nH]c1=O. The highest BCUT2D eigenvalue weighted by Gasteiger charge is 2.14. The second kappa shape index (κ2) is 6.03. The Morgan fingerprint density at radius 1 is 1.27 bits per heavy atom. The molecule has 2 N–H and O–H groups in total. The quantitative estimate of drug-likeness (QED) is 0.577. The van der Waals surface area contributed by atoms with Crippen LogP contribution in [0.15, 0.2) is 50.5 Å². The highest BCUT2D eigenvalue weighted by Crippen LogP contribution is 2.22. The highest BCUT2D eigenvalue weighted by molar-refractivity contribution is 6.31. The number of benzene rings is 1. The van der Waals surface area contributed by atoms with E-state index in [1.807, 2.05) is 13.0 Å². The number of hydrogen-bond donors (Lipinski definition) is 2. The highest BCUT2D eigenvalue weighted by atomic mass is 35.5. The van der Waals surface area contributed by atoms with Crippen LogP contribution in [0.4, 0.5) is 5.82 Å². The van der Waals surface area contributed by atoms with Crippen molar-refractivity contribution in [1.82, 2.24) is 14.5 Å². The van der Waals surface area contributed by atoms with Crippen LogP contribution in [0.25, 0.3) is 22.0 Å². The Hall–Kier alpha value is -3.06. The number of halogens is 1. The molecule has 4 aromatic rings. The lowest BCUT2D eigenvalue weighted by Crippen LogP contribution is -2.19. The molecule has 0 spiro atoms. The summed E-state index contributed by atoms with van der Waals surface area (Å²) in [6.45, 7) is 1.86. The van der Waals surface area contributed by atoms with Gasteiger partial charge in [-0.15, -0.1) is 0 Å². The molecule has 0 aliphatic heterocycles. The molecule has 0 fully saturated rings. The molecular weight excluding hydrogens is 356 g/mol. The number of oxazole rings is 1. The van der Waals surface area contributed by atoms with Crippen molar-refractivity contribution in [1.29, 1.82) is 0 Å². The van der Waals surface area contributed by atoms with E-state index in [4.69, 9.17) is 16.0 Å². The summed E-state index contributed by atoms with van der Waals surface area (Å²) in [5.74, 6) is 0.0850. The lowest BCUT2D eigenvalue weighted by atomic mass is 10.1. The zero-order valence-corrected chi connectivity index (χ0v) is 14.8. The van der Waals surface area contributed by atoms with E-state index in [1.54, 1.807) is 31.3 Å². The number of pyridine rings is 2. The Labute approximate surface area is 152 Å². The Kier molecular flexibility index (Phi) is 3.81. The van der Waals surface area contributed by atoms with Crippen molar-refractivity contribution in [2.75, 3.05) is 5.32 Å². The van der Waals surface area contributed by atoms with Crippen LogP contribution in [0.5, 0.6) is 0 Å². The van der Waals surface area contributed by atoms with Crippen LogP contribution in [-0.2, 0) is 7.05 Å². The van der Waals surface area contributed by atoms with Crippen LogP contribution in [-0.4, -0.2) is 14.5 Å². The van der Waals surface area contributed by atoms with Crippen molar-refractivity contribution in [2.24, 2.45) is 7.05 Å². The van der Waals surface area contributed by atoms with Gasteiger partial charge in [0.2, 0.25) is 0 Å². The number of fused-ring (bicyclic) bond motifs is 2. The third kappa shape index (κ3) is 2.76. The first-order chi connectivity index (χ1) is 12.4. The maximum absolute atomic E-state index is 12.4. The van der Waals surface area contributed by atoms with Gasteiger partial charge in [0.25, 0.3) is 5.56 Å². The average molecular weight is 371 g/mol. The van der Waals surface area contributed by atoms with Gasteiger partial charge in [0.15, 0.2) is 5.58 Å². The zero-order valence-electron chi connectivity index (χ0n) is 14.0. The van der Waals surface area contributed by atoms with Gasteiger partial charge in [-0.2, -0.15) is 0 Å². The molecule has 0 aliphatic carbocycles. The van der Waals surface area contributed by atoms with Crippen LogP contribution < -0.4 is 16.6 Å². The van der Waals surface area contributed by atoms with E-state index in [1.165, 1.54) is 10.8 Å². The van der Waals surface area contributed by atoms with Crippen molar-refractivity contribution < 1.29 is 4.42 Å². The maximum atomic E-state index is 12.4. The minimum atomic E-state index is -0.449. The van der Waals surface area contributed by atoms with Crippen LogP contribution in [0.2, 0.25) is 5.02 Å². The molecular formula is C18H15ClN4O3. The molecule has 1 aromatic carbocycles. The summed E-state index contributed by atoms with van der Waals surface area (Å²) in [7, 11) is 1.62. The summed E-state index contributed by atoms with van der Waals surface area (Å²) < 4.78 is 6.47. The van der Waals surface area contributed by atoms with Gasteiger partial charge in [0.05, 0.1) is 17.8 Å². The van der Waals surface area contributed by atoms with Crippen molar-refractivity contribution >= 4 is 39.4 Å². The van der Waals surface area contributed by atoms with Gasteiger partial charge in [-0.25, -0.2) is 9.78 Å². The van der Waals surface area contributed by atoms with Crippen molar-refractivity contribution in [3.8, 4) is 0 Å². The van der Waals surface area contributed by atoms with Gasteiger partial charge in [-0.05, 0) is 31.2 Å². The molecule has 4 rings (SSSR count). The van der Waals surface area contributed by atoms with Crippen LogP contribution in [0.1, 0.15) is 18.5 Å². The third-order valence-electron chi connectivity index (χ3n) is 4.35. The van der Waals surface area contributed by atoms with E-state index in [0.717, 1.165) is 10.9 Å². The zero-order chi connectivity index (χ0) is 18.4. The minimum absolute atomic E-state index is 0.184. The molecule has 1 atom stereocenters. The fourth-order valence-corrected chi connectivity index (χ4v) is 3.11. The summed E-state index contributed by atoms with van der Waals surface area (Å²) in [6, 6.07) is 8.52. The van der Waals surface area contributed by atoms with Crippen molar-refractivity contribution in [3.05, 3.63) is 68.0 Å². The molecule has 0 unspecified atom stereocenters. The number of aromatic amines is 1. The standard InChI is InChI=1S/C18H15ClN4O3/c1-9(12-6-10-5-11(19)3-4-13(10)22-17(12)24)21-16-7-14-15(8-20-16)26-18(25)23(14)2/h3-9H,1-2H3,(H,20,21)(H,22,24)/t9-/m0/s1. The largest absolute Gasteiger partial charge is 0.419 e. The number of anilines is 1. The van der Waals surface area contributed by atoms with E-state index in [2.05, 4.69) is 15.3 Å². The van der Waals surface area contributed by atoms with E-state index >= 15 is 0 Å². The maximum Gasteiger partial charge on any atom is 0.419 e. The molecule has 0 amide bonds.